The lowest BCUT2D eigenvalue weighted by atomic mass is 9.85. The van der Waals surface area contributed by atoms with Crippen LogP contribution in [0.2, 0.25) is 0 Å². The van der Waals surface area contributed by atoms with Gasteiger partial charge in [-0.1, -0.05) is 26.0 Å². The lowest BCUT2D eigenvalue weighted by Crippen LogP contribution is -2.41. The first-order valence-electron chi connectivity index (χ1n) is 12.0. The summed E-state index contributed by atoms with van der Waals surface area (Å²) >= 11 is 0. The van der Waals surface area contributed by atoms with Crippen LogP contribution in [-0.4, -0.2) is 60.0 Å². The molecular weight excluding hydrogens is 406 g/mol. The molecule has 3 N–H and O–H groups in total. The number of carbonyl (C=O) groups is 3. The Balaban J connectivity index is 1.43. The molecule has 0 spiro atoms. The number of Topliss-reactive ketones (excluding diaryl/α,β-unsaturated/α-hetero) is 1. The van der Waals surface area contributed by atoms with Crippen molar-refractivity contribution in [1.29, 1.82) is 0 Å². The van der Waals surface area contributed by atoms with Gasteiger partial charge in [0.1, 0.15) is 0 Å². The highest BCUT2D eigenvalue weighted by Gasteiger charge is 2.27. The number of nitrogens with one attached hydrogen (secondary N) is 2. The number of benzene rings is 1. The Kier molecular flexibility index (Phi) is 8.67. The van der Waals surface area contributed by atoms with E-state index >= 15 is 0 Å². The summed E-state index contributed by atoms with van der Waals surface area (Å²) in [5.74, 6) is 0.645. The average molecular weight is 444 g/mol. The van der Waals surface area contributed by atoms with Gasteiger partial charge in [0.05, 0.1) is 0 Å². The molecule has 2 amide bonds. The number of hydrogen-bond acceptors (Lipinski definition) is 4. The van der Waals surface area contributed by atoms with Gasteiger partial charge in [0.15, 0.2) is 5.78 Å². The molecular formula is C25H37N3O4. The van der Waals surface area contributed by atoms with Gasteiger partial charge in [-0.15, -0.1) is 0 Å². The molecule has 1 aromatic rings. The monoisotopic (exact) mass is 443 g/mol. The molecule has 0 unspecified atom stereocenters. The molecule has 32 heavy (non-hydrogen) atoms. The van der Waals surface area contributed by atoms with Crippen LogP contribution in [0.3, 0.4) is 0 Å². The first-order valence-corrected chi connectivity index (χ1v) is 12.0. The zero-order valence-corrected chi connectivity index (χ0v) is 19.4. The van der Waals surface area contributed by atoms with E-state index in [2.05, 4.69) is 27.7 Å². The first-order chi connectivity index (χ1) is 15.3. The molecule has 2 aliphatic rings. The summed E-state index contributed by atoms with van der Waals surface area (Å²) < 4.78 is 0. The van der Waals surface area contributed by atoms with Gasteiger partial charge in [0, 0.05) is 50.1 Å². The highest BCUT2D eigenvalue weighted by Crippen LogP contribution is 2.29. The van der Waals surface area contributed by atoms with Crippen molar-refractivity contribution < 1.29 is 19.5 Å². The van der Waals surface area contributed by atoms with Crippen LogP contribution in [0.1, 0.15) is 67.4 Å². The fraction of sp³-hybridized carbons (Fsp3) is 0.640. The second kappa shape index (κ2) is 11.5. The fourth-order valence-electron chi connectivity index (χ4n) is 4.94. The van der Waals surface area contributed by atoms with Gasteiger partial charge in [-0.2, -0.15) is 0 Å². The number of hydrogen-bond donors (Lipinski definition) is 3. The fourth-order valence-corrected chi connectivity index (χ4v) is 4.94. The lowest BCUT2D eigenvalue weighted by Gasteiger charge is -2.36. The minimum atomic E-state index is -1.10. The van der Waals surface area contributed by atoms with Crippen LogP contribution in [0.25, 0.3) is 0 Å². The molecule has 0 saturated heterocycles. The summed E-state index contributed by atoms with van der Waals surface area (Å²) in [5, 5.41) is 13.7. The second-order valence-corrected chi connectivity index (χ2v) is 9.50. The largest absolute Gasteiger partial charge is 0.465 e. The van der Waals surface area contributed by atoms with Crippen LogP contribution < -0.4 is 10.6 Å². The third-order valence-electron chi connectivity index (χ3n) is 6.90. The maximum absolute atomic E-state index is 12.4. The molecule has 1 aliphatic carbocycles. The number of ketones is 1. The van der Waals surface area contributed by atoms with E-state index in [4.69, 9.17) is 5.11 Å². The molecule has 0 radical (unpaired) electrons. The predicted octanol–water partition coefficient (Wildman–Crippen LogP) is 3.26. The molecule has 1 aliphatic heterocycles. The van der Waals surface area contributed by atoms with E-state index < -0.39 is 6.09 Å². The summed E-state index contributed by atoms with van der Waals surface area (Å²) in [5.41, 5.74) is 3.54. The molecule has 7 heteroatoms. The van der Waals surface area contributed by atoms with Crippen molar-refractivity contribution in [1.82, 2.24) is 15.5 Å². The van der Waals surface area contributed by atoms with Gasteiger partial charge in [-0.05, 0) is 61.6 Å². The maximum Gasteiger partial charge on any atom is 0.404 e. The minimum absolute atomic E-state index is 0.0247. The Morgan fingerprint density at radius 1 is 1.03 bits per heavy atom. The van der Waals surface area contributed by atoms with Crippen LogP contribution in [0.5, 0.6) is 0 Å². The summed E-state index contributed by atoms with van der Waals surface area (Å²) in [7, 11) is 0. The smallest absolute Gasteiger partial charge is 0.404 e. The zero-order chi connectivity index (χ0) is 23.1. The molecule has 176 valence electrons. The van der Waals surface area contributed by atoms with Crippen molar-refractivity contribution in [2.75, 3.05) is 26.2 Å². The van der Waals surface area contributed by atoms with Crippen molar-refractivity contribution in [3.8, 4) is 0 Å². The molecule has 1 fully saturated rings. The quantitative estimate of drug-likeness (QED) is 0.536. The van der Waals surface area contributed by atoms with Gasteiger partial charge in [-0.3, -0.25) is 14.5 Å². The minimum Gasteiger partial charge on any atom is -0.465 e. The van der Waals surface area contributed by atoms with Crippen LogP contribution in [0, 0.1) is 11.8 Å². The second-order valence-electron chi connectivity index (χ2n) is 9.50. The van der Waals surface area contributed by atoms with Gasteiger partial charge < -0.3 is 15.7 Å². The number of fused-ring (bicyclic) bond motifs is 1. The van der Waals surface area contributed by atoms with E-state index in [0.717, 1.165) is 57.2 Å². The molecule has 3 rings (SSSR count). The molecule has 1 saturated carbocycles. The number of carbonyl (C=O) groups excluding carboxylic acids is 2. The van der Waals surface area contributed by atoms with Crippen LogP contribution in [0.4, 0.5) is 4.79 Å². The average Bonchev–Trinajstić information content (AvgIpc) is 2.99. The summed E-state index contributed by atoms with van der Waals surface area (Å²) in [6.07, 6.45) is 5.62. The summed E-state index contributed by atoms with van der Waals surface area (Å²) in [6.45, 7) is 6.83. The van der Waals surface area contributed by atoms with Crippen LogP contribution in [0.15, 0.2) is 18.2 Å². The topological polar surface area (TPSA) is 98.7 Å². The van der Waals surface area contributed by atoms with Gasteiger partial charge in [-0.25, -0.2) is 4.79 Å². The third-order valence-corrected chi connectivity index (χ3v) is 6.90. The summed E-state index contributed by atoms with van der Waals surface area (Å²) in [6, 6.07) is 6.86. The molecule has 0 aromatic heterocycles. The standard InChI is InChI=1S/C25H37N3O4/c1-17(2)24(30)21-6-5-19-10-13-28(14-11-20(19)15-21)22-7-3-18(4-8-22)16-27-23(29)9-12-26-25(31)32/h5-6,15,17-18,22,26H,3-4,7-14,16H2,1-2H3,(H,27,29)(H,31,32). The number of rotatable bonds is 8. The van der Waals surface area contributed by atoms with Gasteiger partial charge in [0.25, 0.3) is 0 Å². The third kappa shape index (κ3) is 6.79. The molecule has 1 aromatic carbocycles. The van der Waals surface area contributed by atoms with E-state index in [1.165, 1.54) is 11.1 Å². The Hall–Kier alpha value is -2.41. The van der Waals surface area contributed by atoms with Crippen molar-refractivity contribution in [2.45, 2.75) is 64.8 Å². The Morgan fingerprint density at radius 3 is 2.38 bits per heavy atom. The Morgan fingerprint density at radius 2 is 1.72 bits per heavy atom. The normalized spacial score (nSPS) is 21.5. The first kappa shape index (κ1) is 24.2. The van der Waals surface area contributed by atoms with Gasteiger partial charge in [0.2, 0.25) is 5.91 Å². The van der Waals surface area contributed by atoms with E-state index in [1.807, 2.05) is 19.9 Å². The van der Waals surface area contributed by atoms with Crippen LogP contribution >= 0.6 is 0 Å². The van der Waals surface area contributed by atoms with Crippen molar-refractivity contribution >= 4 is 17.8 Å². The van der Waals surface area contributed by atoms with E-state index in [0.29, 0.717) is 18.5 Å². The Labute approximate surface area is 190 Å². The van der Waals surface area contributed by atoms with Gasteiger partial charge >= 0.3 is 6.09 Å². The van der Waals surface area contributed by atoms with Crippen molar-refractivity contribution in [2.24, 2.45) is 11.8 Å². The van der Waals surface area contributed by atoms with E-state index in [9.17, 15) is 14.4 Å². The maximum atomic E-state index is 12.4. The lowest BCUT2D eigenvalue weighted by molar-refractivity contribution is -0.121. The molecule has 7 nitrogen and oxygen atoms in total. The van der Waals surface area contributed by atoms with Crippen LogP contribution in [-0.2, 0) is 17.6 Å². The molecule has 0 atom stereocenters. The predicted molar refractivity (Wildman–Crippen MR) is 124 cm³/mol. The SMILES string of the molecule is CC(C)C(=O)c1ccc2c(c1)CCN(C1CCC(CNC(=O)CCNC(=O)O)CC1)CC2. The zero-order valence-electron chi connectivity index (χ0n) is 19.4. The molecule has 1 heterocycles. The van der Waals surface area contributed by atoms with Crippen molar-refractivity contribution in [3.63, 3.8) is 0 Å². The number of amides is 2. The number of carboxylic acid groups (broad SMARTS) is 1. The number of nitrogens with zero attached hydrogens (tertiary/aromatic N) is 1. The van der Waals surface area contributed by atoms with Crippen molar-refractivity contribution in [3.05, 3.63) is 34.9 Å². The summed E-state index contributed by atoms with van der Waals surface area (Å²) in [4.78, 5) is 37.3. The van der Waals surface area contributed by atoms with E-state index in [-0.39, 0.29) is 30.6 Å². The molecule has 0 bridgehead atoms. The Bertz CT molecular complexity index is 815. The highest BCUT2D eigenvalue weighted by atomic mass is 16.4. The highest BCUT2D eigenvalue weighted by molar-refractivity contribution is 5.97. The van der Waals surface area contributed by atoms with E-state index in [1.54, 1.807) is 0 Å².